The fraction of sp³-hybridized carbons (Fsp3) is 0.571. The van der Waals surface area contributed by atoms with Gasteiger partial charge in [-0.1, -0.05) is 13.8 Å². The van der Waals surface area contributed by atoms with Crippen molar-refractivity contribution in [3.8, 4) is 0 Å². The van der Waals surface area contributed by atoms with Crippen LogP contribution in [0.15, 0.2) is 29.4 Å². The summed E-state index contributed by atoms with van der Waals surface area (Å²) in [6.45, 7) is 6.14. The Labute approximate surface area is 156 Å². The molecule has 0 aliphatic heterocycles. The van der Waals surface area contributed by atoms with E-state index in [0.717, 1.165) is 0 Å². The van der Waals surface area contributed by atoms with Crippen LogP contribution in [0.4, 0.5) is 0 Å². The molecule has 4 N–H and O–H groups in total. The number of nitrogens with one attached hydrogen (secondary N) is 2. The summed E-state index contributed by atoms with van der Waals surface area (Å²) in [7, 11) is -3.64. The highest BCUT2D eigenvalue weighted by Crippen LogP contribution is 2.14. The van der Waals surface area contributed by atoms with Gasteiger partial charge in [0.05, 0.1) is 5.54 Å². The molecule has 0 aromatic carbocycles. The molecule has 1 atom stereocenters. The number of hydrogen-bond acceptors (Lipinski definition) is 5. The zero-order chi connectivity index (χ0) is 16.8. The van der Waals surface area contributed by atoms with Crippen molar-refractivity contribution in [1.82, 2.24) is 15.0 Å². The van der Waals surface area contributed by atoms with Crippen LogP contribution in [-0.2, 0) is 14.8 Å². The minimum atomic E-state index is -3.64. The Hall–Kier alpha value is -0.930. The van der Waals surface area contributed by atoms with Crippen LogP contribution in [0.5, 0.6) is 0 Å². The summed E-state index contributed by atoms with van der Waals surface area (Å²) in [5.41, 5.74) is 5.20. The summed E-state index contributed by atoms with van der Waals surface area (Å²) in [5.74, 6) is -0.0657. The lowest BCUT2D eigenvalue weighted by Crippen LogP contribution is -2.55. The molecule has 0 bridgehead atoms. The lowest BCUT2D eigenvalue weighted by molar-refractivity contribution is -0.123. The molecule has 1 aromatic rings. The van der Waals surface area contributed by atoms with Gasteiger partial charge in [-0.25, -0.2) is 13.1 Å². The average molecular weight is 401 g/mol. The van der Waals surface area contributed by atoms with Gasteiger partial charge in [0.2, 0.25) is 15.9 Å². The largest absolute Gasteiger partial charge is 0.349 e. The highest BCUT2D eigenvalue weighted by atomic mass is 35.5. The highest BCUT2D eigenvalue weighted by Gasteiger charge is 2.28. The van der Waals surface area contributed by atoms with Crippen molar-refractivity contribution in [2.24, 2.45) is 11.7 Å². The van der Waals surface area contributed by atoms with Crippen LogP contribution in [0.2, 0.25) is 0 Å². The Morgan fingerprint density at radius 3 is 2.46 bits per heavy atom. The summed E-state index contributed by atoms with van der Waals surface area (Å²) in [6, 6.07) is 2.98. The van der Waals surface area contributed by atoms with Gasteiger partial charge in [-0.15, -0.1) is 24.8 Å². The van der Waals surface area contributed by atoms with Gasteiger partial charge >= 0.3 is 0 Å². The van der Waals surface area contributed by atoms with Crippen LogP contribution in [0.1, 0.15) is 27.2 Å². The molecule has 0 aliphatic rings. The third-order valence-corrected chi connectivity index (χ3v) is 5.16. The summed E-state index contributed by atoms with van der Waals surface area (Å²) in [4.78, 5) is 15.8. The normalized spacial score (nSPS) is 13.4. The molecule has 0 spiro atoms. The summed E-state index contributed by atoms with van der Waals surface area (Å²) >= 11 is 0. The molecule has 140 valence electrons. The molecule has 24 heavy (non-hydrogen) atoms. The van der Waals surface area contributed by atoms with Crippen LogP contribution in [0, 0.1) is 5.92 Å². The first-order valence-corrected chi connectivity index (χ1v) is 8.60. The van der Waals surface area contributed by atoms with E-state index in [4.69, 9.17) is 5.73 Å². The van der Waals surface area contributed by atoms with E-state index in [1.807, 2.05) is 20.8 Å². The monoisotopic (exact) mass is 400 g/mol. The average Bonchev–Trinajstić information content (AvgIpc) is 2.47. The minimum Gasteiger partial charge on any atom is -0.349 e. The zero-order valence-electron chi connectivity index (χ0n) is 14.0. The number of amides is 1. The van der Waals surface area contributed by atoms with Gasteiger partial charge in [-0.2, -0.15) is 0 Å². The number of aromatic nitrogens is 1. The predicted molar refractivity (Wildman–Crippen MR) is 99.0 cm³/mol. The Bertz CT molecular complexity index is 599. The number of carbonyl (C=O) groups is 1. The van der Waals surface area contributed by atoms with E-state index >= 15 is 0 Å². The molecule has 7 nitrogen and oxygen atoms in total. The first kappa shape index (κ1) is 25.3. The number of rotatable bonds is 8. The highest BCUT2D eigenvalue weighted by molar-refractivity contribution is 7.89. The summed E-state index contributed by atoms with van der Waals surface area (Å²) < 4.78 is 26.3. The van der Waals surface area contributed by atoms with Gasteiger partial charge in [0.25, 0.3) is 0 Å². The molecule has 0 saturated heterocycles. The number of carbonyl (C=O) groups excluding carboxylic acids is 1. The summed E-state index contributed by atoms with van der Waals surface area (Å²) in [5, 5.41) is 2.86. The third kappa shape index (κ3) is 7.31. The second-order valence-corrected chi connectivity index (χ2v) is 7.43. The topological polar surface area (TPSA) is 114 Å². The van der Waals surface area contributed by atoms with E-state index in [2.05, 4.69) is 15.0 Å². The SMILES string of the molecule is CC(C)C(C)(CN)NC(=O)CCNS(=O)(=O)c1cccnc1.Cl.Cl. The molecule has 1 unspecified atom stereocenters. The van der Waals surface area contributed by atoms with Crippen LogP contribution in [0.3, 0.4) is 0 Å². The molecular weight excluding hydrogens is 375 g/mol. The van der Waals surface area contributed by atoms with Gasteiger partial charge in [0.1, 0.15) is 4.90 Å². The Balaban J connectivity index is 0. The van der Waals surface area contributed by atoms with Crippen molar-refractivity contribution in [1.29, 1.82) is 0 Å². The lowest BCUT2D eigenvalue weighted by atomic mass is 9.88. The lowest BCUT2D eigenvalue weighted by Gasteiger charge is -2.33. The Kier molecular flexibility index (Phi) is 11.4. The maximum absolute atomic E-state index is 12.0. The summed E-state index contributed by atoms with van der Waals surface area (Å²) in [6.07, 6.45) is 2.79. The number of pyridine rings is 1. The van der Waals surface area contributed by atoms with Gasteiger partial charge in [-0.05, 0) is 25.0 Å². The first-order valence-electron chi connectivity index (χ1n) is 7.12. The fourth-order valence-electron chi connectivity index (χ4n) is 1.70. The molecule has 1 amide bonds. The van der Waals surface area contributed by atoms with Gasteiger partial charge in [0.15, 0.2) is 0 Å². The van der Waals surface area contributed by atoms with Gasteiger partial charge in [-0.3, -0.25) is 9.78 Å². The van der Waals surface area contributed by atoms with Crippen molar-refractivity contribution >= 4 is 40.7 Å². The van der Waals surface area contributed by atoms with E-state index in [-0.39, 0.29) is 54.5 Å². The van der Waals surface area contributed by atoms with E-state index in [1.165, 1.54) is 24.5 Å². The zero-order valence-corrected chi connectivity index (χ0v) is 16.4. The maximum atomic E-state index is 12.0. The van der Waals surface area contributed by atoms with Crippen LogP contribution < -0.4 is 15.8 Å². The van der Waals surface area contributed by atoms with Crippen molar-refractivity contribution in [2.45, 2.75) is 37.6 Å². The number of sulfonamides is 1. The maximum Gasteiger partial charge on any atom is 0.242 e. The van der Waals surface area contributed by atoms with E-state index in [0.29, 0.717) is 6.54 Å². The van der Waals surface area contributed by atoms with Crippen LogP contribution in [0.25, 0.3) is 0 Å². The van der Waals surface area contributed by atoms with Crippen LogP contribution in [-0.4, -0.2) is 37.9 Å². The first-order chi connectivity index (χ1) is 10.2. The number of nitrogens with two attached hydrogens (primary N) is 1. The van der Waals surface area contributed by atoms with E-state index in [9.17, 15) is 13.2 Å². The quantitative estimate of drug-likeness (QED) is 0.603. The molecule has 0 fully saturated rings. The van der Waals surface area contributed by atoms with Crippen molar-refractivity contribution < 1.29 is 13.2 Å². The Morgan fingerprint density at radius 2 is 2.00 bits per heavy atom. The van der Waals surface area contributed by atoms with Crippen LogP contribution >= 0.6 is 24.8 Å². The number of hydrogen-bond donors (Lipinski definition) is 3. The molecular formula is C14H26Cl2N4O3S. The van der Waals surface area contributed by atoms with Gasteiger partial charge < -0.3 is 11.1 Å². The molecule has 1 aromatic heterocycles. The molecule has 0 aliphatic carbocycles. The smallest absolute Gasteiger partial charge is 0.242 e. The van der Waals surface area contributed by atoms with Gasteiger partial charge in [0, 0.05) is 31.9 Å². The van der Waals surface area contributed by atoms with Crippen molar-refractivity contribution in [3.05, 3.63) is 24.5 Å². The fourth-order valence-corrected chi connectivity index (χ4v) is 2.70. The molecule has 1 heterocycles. The van der Waals surface area contributed by atoms with E-state index < -0.39 is 15.6 Å². The number of nitrogens with zero attached hydrogens (tertiary/aromatic N) is 1. The predicted octanol–water partition coefficient (Wildman–Crippen LogP) is 1.08. The molecule has 1 rings (SSSR count). The number of halogens is 2. The third-order valence-electron chi connectivity index (χ3n) is 3.71. The Morgan fingerprint density at radius 1 is 1.38 bits per heavy atom. The molecule has 0 saturated carbocycles. The molecule has 10 heteroatoms. The second kappa shape index (κ2) is 10.8. The van der Waals surface area contributed by atoms with Crippen molar-refractivity contribution in [2.75, 3.05) is 13.1 Å². The standard InChI is InChI=1S/C14H24N4O3S.2ClH/c1-11(2)14(3,10-15)18-13(19)6-8-17-22(20,21)12-5-4-7-16-9-12;;/h4-5,7,9,11,17H,6,8,10,15H2,1-3H3,(H,18,19);2*1H. The second-order valence-electron chi connectivity index (χ2n) is 5.66. The molecule has 0 radical (unpaired) electrons. The van der Waals surface area contributed by atoms with E-state index in [1.54, 1.807) is 0 Å². The minimum absolute atomic E-state index is 0. The van der Waals surface area contributed by atoms with Crippen molar-refractivity contribution in [3.63, 3.8) is 0 Å².